The molecule has 2 aliphatic rings. The number of rotatable bonds is 7. The molecular formula is C26H31F4N3O5. The highest BCUT2D eigenvalue weighted by molar-refractivity contribution is 5.95. The van der Waals surface area contributed by atoms with Crippen molar-refractivity contribution in [2.75, 3.05) is 26.7 Å². The molecule has 1 aromatic heterocycles. The zero-order valence-corrected chi connectivity index (χ0v) is 21.2. The normalized spacial score (nSPS) is 19.6. The summed E-state index contributed by atoms with van der Waals surface area (Å²) in [6.07, 6.45) is 0.945. The van der Waals surface area contributed by atoms with E-state index in [-0.39, 0.29) is 24.1 Å². The molecule has 3 heterocycles. The molecule has 4 rings (SSSR count). The summed E-state index contributed by atoms with van der Waals surface area (Å²) in [6, 6.07) is 8.79. The predicted octanol–water partition coefficient (Wildman–Crippen LogP) is 4.53. The van der Waals surface area contributed by atoms with Gasteiger partial charge in [-0.25, -0.2) is 14.2 Å². The molecule has 2 saturated heterocycles. The van der Waals surface area contributed by atoms with Gasteiger partial charge < -0.3 is 19.5 Å². The second kappa shape index (κ2) is 12.9. The SMILES string of the molecule is COc1ccc(COc2ccc(C(=O)N3CCC[C@H]3CN3CCC[C@H]3C)c(F)c2)cn1.O=C(O)C(F)(F)F. The van der Waals surface area contributed by atoms with Crippen LogP contribution in [0.4, 0.5) is 17.6 Å². The summed E-state index contributed by atoms with van der Waals surface area (Å²) >= 11 is 0. The second-order valence-electron chi connectivity index (χ2n) is 9.22. The molecule has 1 N–H and O–H groups in total. The third-order valence-electron chi connectivity index (χ3n) is 6.60. The molecule has 2 fully saturated rings. The van der Waals surface area contributed by atoms with Gasteiger partial charge >= 0.3 is 12.1 Å². The van der Waals surface area contributed by atoms with Gasteiger partial charge in [-0.05, 0) is 57.4 Å². The molecule has 0 spiro atoms. The van der Waals surface area contributed by atoms with Gasteiger partial charge in [-0.15, -0.1) is 0 Å². The largest absolute Gasteiger partial charge is 0.490 e. The van der Waals surface area contributed by atoms with Crippen molar-refractivity contribution in [3.05, 3.63) is 53.5 Å². The minimum Gasteiger partial charge on any atom is -0.489 e. The number of carboxylic acid groups (broad SMARTS) is 1. The molecule has 0 saturated carbocycles. The average molecular weight is 542 g/mol. The summed E-state index contributed by atoms with van der Waals surface area (Å²) in [6.45, 7) is 5.16. The fourth-order valence-corrected chi connectivity index (χ4v) is 4.53. The van der Waals surface area contributed by atoms with Crippen LogP contribution in [0.1, 0.15) is 48.5 Å². The van der Waals surface area contributed by atoms with E-state index < -0.39 is 18.0 Å². The number of aliphatic carboxylic acids is 1. The topological polar surface area (TPSA) is 92.2 Å². The summed E-state index contributed by atoms with van der Waals surface area (Å²) < 4.78 is 57.3. The number of halogens is 4. The first-order valence-corrected chi connectivity index (χ1v) is 12.3. The van der Waals surface area contributed by atoms with Gasteiger partial charge in [0.2, 0.25) is 5.88 Å². The van der Waals surface area contributed by atoms with Crippen LogP contribution >= 0.6 is 0 Å². The van der Waals surface area contributed by atoms with Crippen LogP contribution in [0.3, 0.4) is 0 Å². The van der Waals surface area contributed by atoms with E-state index in [9.17, 15) is 22.4 Å². The number of carboxylic acids is 1. The van der Waals surface area contributed by atoms with Gasteiger partial charge in [0, 0.05) is 49.1 Å². The molecule has 2 aromatic rings. The zero-order chi connectivity index (χ0) is 27.9. The van der Waals surface area contributed by atoms with E-state index in [1.54, 1.807) is 25.4 Å². The summed E-state index contributed by atoms with van der Waals surface area (Å²) in [5.74, 6) is -2.62. The number of methoxy groups -OCH3 is 1. The molecule has 38 heavy (non-hydrogen) atoms. The lowest BCUT2D eigenvalue weighted by atomic mass is 10.1. The summed E-state index contributed by atoms with van der Waals surface area (Å²) in [5.41, 5.74) is 0.956. The lowest BCUT2D eigenvalue weighted by Crippen LogP contribution is -2.44. The molecule has 0 radical (unpaired) electrons. The zero-order valence-electron chi connectivity index (χ0n) is 21.2. The van der Waals surface area contributed by atoms with E-state index in [1.165, 1.54) is 25.0 Å². The van der Waals surface area contributed by atoms with Crippen molar-refractivity contribution in [2.24, 2.45) is 0 Å². The molecule has 1 amide bonds. The standard InChI is InChI=1S/C24H30FN3O3.C2HF3O2/c1-17-5-3-11-27(17)15-19-6-4-12-28(19)24(29)21-9-8-20(13-22(21)25)31-16-18-7-10-23(30-2)26-14-18;3-2(4,5)1(6)7/h7-10,13-14,17,19H,3-6,11-12,15-16H2,1-2H3;(H,6,7)/t17-,19+;/m1./s1. The maximum absolute atomic E-state index is 14.8. The van der Waals surface area contributed by atoms with Crippen molar-refractivity contribution >= 4 is 11.9 Å². The molecule has 8 nitrogen and oxygen atoms in total. The Morgan fingerprint density at radius 1 is 1.13 bits per heavy atom. The molecular weight excluding hydrogens is 510 g/mol. The second-order valence-corrected chi connectivity index (χ2v) is 9.22. The smallest absolute Gasteiger partial charge is 0.489 e. The van der Waals surface area contributed by atoms with Crippen LogP contribution in [-0.2, 0) is 11.4 Å². The number of hydrogen-bond acceptors (Lipinski definition) is 6. The number of benzene rings is 1. The van der Waals surface area contributed by atoms with Gasteiger partial charge in [-0.2, -0.15) is 13.2 Å². The van der Waals surface area contributed by atoms with Crippen LogP contribution in [-0.4, -0.2) is 76.8 Å². The molecule has 2 atom stereocenters. The fraction of sp³-hybridized carbons (Fsp3) is 0.500. The molecule has 2 aliphatic heterocycles. The minimum absolute atomic E-state index is 0.111. The summed E-state index contributed by atoms with van der Waals surface area (Å²) in [7, 11) is 1.56. The van der Waals surface area contributed by atoms with E-state index in [4.69, 9.17) is 19.4 Å². The highest BCUT2D eigenvalue weighted by atomic mass is 19.4. The third-order valence-corrected chi connectivity index (χ3v) is 6.60. The van der Waals surface area contributed by atoms with Crippen LogP contribution in [0.2, 0.25) is 0 Å². The number of hydrogen-bond donors (Lipinski definition) is 1. The molecule has 0 aliphatic carbocycles. The number of nitrogens with zero attached hydrogens (tertiary/aromatic N) is 3. The van der Waals surface area contributed by atoms with Gasteiger partial charge in [0.25, 0.3) is 5.91 Å². The molecule has 1 aromatic carbocycles. The number of aromatic nitrogens is 1. The monoisotopic (exact) mass is 541 g/mol. The first-order chi connectivity index (χ1) is 18.0. The quantitative estimate of drug-likeness (QED) is 0.515. The maximum atomic E-state index is 14.8. The van der Waals surface area contributed by atoms with Gasteiger partial charge in [0.05, 0.1) is 12.7 Å². The number of carbonyl (C=O) groups is 2. The average Bonchev–Trinajstić information content (AvgIpc) is 3.51. The van der Waals surface area contributed by atoms with Crippen molar-refractivity contribution in [1.29, 1.82) is 0 Å². The number of likely N-dealkylation sites (tertiary alicyclic amines) is 2. The Morgan fingerprint density at radius 2 is 1.84 bits per heavy atom. The first kappa shape index (κ1) is 29.2. The van der Waals surface area contributed by atoms with E-state index in [0.29, 0.717) is 24.2 Å². The van der Waals surface area contributed by atoms with Crippen LogP contribution in [0.15, 0.2) is 36.5 Å². The minimum atomic E-state index is -5.08. The van der Waals surface area contributed by atoms with Crippen molar-refractivity contribution in [3.8, 4) is 11.6 Å². The van der Waals surface area contributed by atoms with E-state index in [2.05, 4.69) is 16.8 Å². The summed E-state index contributed by atoms with van der Waals surface area (Å²) in [5, 5.41) is 7.12. The number of pyridine rings is 1. The van der Waals surface area contributed by atoms with Crippen molar-refractivity contribution in [2.45, 2.75) is 57.5 Å². The Morgan fingerprint density at radius 3 is 2.39 bits per heavy atom. The fourth-order valence-electron chi connectivity index (χ4n) is 4.53. The van der Waals surface area contributed by atoms with Crippen molar-refractivity contribution < 1.29 is 41.7 Å². The van der Waals surface area contributed by atoms with Gasteiger partial charge in [-0.1, -0.05) is 0 Å². The molecule has 0 bridgehead atoms. The lowest BCUT2D eigenvalue weighted by molar-refractivity contribution is -0.192. The van der Waals surface area contributed by atoms with Gasteiger partial charge in [-0.3, -0.25) is 9.69 Å². The summed E-state index contributed by atoms with van der Waals surface area (Å²) in [4.78, 5) is 30.4. The molecule has 0 unspecified atom stereocenters. The molecule has 208 valence electrons. The predicted molar refractivity (Wildman–Crippen MR) is 130 cm³/mol. The first-order valence-electron chi connectivity index (χ1n) is 12.3. The van der Waals surface area contributed by atoms with Crippen LogP contribution in [0, 0.1) is 5.82 Å². The Hall–Kier alpha value is -3.41. The maximum Gasteiger partial charge on any atom is 0.490 e. The van der Waals surface area contributed by atoms with Crippen LogP contribution < -0.4 is 9.47 Å². The van der Waals surface area contributed by atoms with E-state index in [0.717, 1.165) is 31.5 Å². The number of alkyl halides is 3. The Balaban J connectivity index is 0.000000505. The lowest BCUT2D eigenvalue weighted by Gasteiger charge is -2.31. The Bertz CT molecular complexity index is 1100. The number of ether oxygens (including phenoxy) is 2. The highest BCUT2D eigenvalue weighted by Gasteiger charge is 2.38. The highest BCUT2D eigenvalue weighted by Crippen LogP contribution is 2.26. The van der Waals surface area contributed by atoms with Crippen LogP contribution in [0.5, 0.6) is 11.6 Å². The number of carbonyl (C=O) groups excluding carboxylic acids is 1. The van der Waals surface area contributed by atoms with Gasteiger partial charge in [0.15, 0.2) is 0 Å². The molecule has 12 heteroatoms. The van der Waals surface area contributed by atoms with Gasteiger partial charge in [0.1, 0.15) is 18.2 Å². The Labute approximate surface area is 218 Å². The van der Waals surface area contributed by atoms with E-state index >= 15 is 0 Å². The van der Waals surface area contributed by atoms with E-state index in [1.807, 2.05) is 11.0 Å². The third kappa shape index (κ3) is 7.80. The van der Waals surface area contributed by atoms with Crippen LogP contribution in [0.25, 0.3) is 0 Å². The van der Waals surface area contributed by atoms with Crippen molar-refractivity contribution in [1.82, 2.24) is 14.8 Å². The Kier molecular flexibility index (Phi) is 9.90. The number of amides is 1. The van der Waals surface area contributed by atoms with Crippen molar-refractivity contribution in [3.63, 3.8) is 0 Å².